The molecule has 0 bridgehead atoms. The van der Waals surface area contributed by atoms with Crippen LogP contribution in [0.5, 0.6) is 0 Å². The zero-order chi connectivity index (χ0) is 13.7. The van der Waals surface area contributed by atoms with E-state index in [2.05, 4.69) is 0 Å². The van der Waals surface area contributed by atoms with Crippen molar-refractivity contribution in [1.82, 2.24) is 4.90 Å². The summed E-state index contributed by atoms with van der Waals surface area (Å²) in [6, 6.07) is 6.15. The van der Waals surface area contributed by atoms with Gasteiger partial charge in [0.15, 0.2) is 5.78 Å². The first-order chi connectivity index (χ1) is 8.51. The van der Waals surface area contributed by atoms with Crippen molar-refractivity contribution < 1.29 is 14.4 Å². The van der Waals surface area contributed by atoms with Crippen LogP contribution in [0.4, 0.5) is 0 Å². The Labute approximate surface area is 107 Å². The average Bonchev–Trinajstić information content (AvgIpc) is 2.39. The second-order valence-corrected chi connectivity index (χ2v) is 3.94. The van der Waals surface area contributed by atoms with E-state index in [9.17, 15) is 14.4 Å². The van der Waals surface area contributed by atoms with E-state index in [4.69, 9.17) is 0 Å². The summed E-state index contributed by atoms with van der Waals surface area (Å²) in [4.78, 5) is 36.3. The van der Waals surface area contributed by atoms with Gasteiger partial charge >= 0.3 is 0 Å². The fourth-order valence-corrected chi connectivity index (χ4v) is 1.63. The third kappa shape index (κ3) is 3.03. The number of nitrogens with zero attached hydrogens (tertiary/aromatic N) is 1. The molecule has 0 saturated heterocycles. The number of ketones is 2. The van der Waals surface area contributed by atoms with Gasteiger partial charge in [-0.25, -0.2) is 0 Å². The van der Waals surface area contributed by atoms with Crippen molar-refractivity contribution in [1.29, 1.82) is 0 Å². The smallest absolute Gasteiger partial charge is 0.294 e. The molecule has 0 N–H and O–H groups in total. The van der Waals surface area contributed by atoms with Gasteiger partial charge in [-0.3, -0.25) is 14.4 Å². The van der Waals surface area contributed by atoms with Gasteiger partial charge in [-0.2, -0.15) is 0 Å². The van der Waals surface area contributed by atoms with Gasteiger partial charge in [0.25, 0.3) is 5.91 Å². The zero-order valence-electron chi connectivity index (χ0n) is 10.9. The number of benzene rings is 1. The molecule has 1 rings (SSSR count). The van der Waals surface area contributed by atoms with Gasteiger partial charge in [0, 0.05) is 24.2 Å². The predicted molar refractivity (Wildman–Crippen MR) is 68.7 cm³/mol. The molecule has 18 heavy (non-hydrogen) atoms. The number of amides is 1. The van der Waals surface area contributed by atoms with Crippen LogP contribution in [0.3, 0.4) is 0 Å². The molecule has 0 aliphatic rings. The summed E-state index contributed by atoms with van der Waals surface area (Å²) >= 11 is 0. The highest BCUT2D eigenvalue weighted by molar-refractivity contribution is 6.42. The fraction of sp³-hybridized carbons (Fsp3) is 0.357. The van der Waals surface area contributed by atoms with Crippen LogP contribution >= 0.6 is 0 Å². The van der Waals surface area contributed by atoms with Crippen molar-refractivity contribution in [3.63, 3.8) is 0 Å². The molecule has 4 heteroatoms. The number of likely N-dealkylation sites (N-methyl/N-ethyl adjacent to an activating group) is 1. The predicted octanol–water partition coefficient (Wildman–Crippen LogP) is 1.94. The number of hydrogen-bond acceptors (Lipinski definition) is 3. The van der Waals surface area contributed by atoms with Gasteiger partial charge in [-0.1, -0.05) is 24.3 Å². The number of Topliss-reactive ketones (excluding diaryl/α,β-unsaturated/α-hetero) is 2. The summed E-state index contributed by atoms with van der Waals surface area (Å²) in [6.07, 6.45) is 0. The molecule has 0 radical (unpaired) electrons. The van der Waals surface area contributed by atoms with Crippen LogP contribution in [0.25, 0.3) is 0 Å². The van der Waals surface area contributed by atoms with Crippen LogP contribution in [-0.2, 0) is 4.79 Å². The summed E-state index contributed by atoms with van der Waals surface area (Å²) in [5.41, 5.74) is 0.846. The Hall–Kier alpha value is -1.97. The molecule has 0 atom stereocenters. The van der Waals surface area contributed by atoms with Gasteiger partial charge in [-0.15, -0.1) is 0 Å². The van der Waals surface area contributed by atoms with Crippen molar-refractivity contribution in [2.45, 2.75) is 20.8 Å². The van der Waals surface area contributed by atoms with E-state index in [0.29, 0.717) is 24.2 Å². The van der Waals surface area contributed by atoms with E-state index >= 15 is 0 Å². The standard InChI is InChI=1S/C14H17NO3/c1-4-15(5-2)14(18)13(17)12-8-6-11(7-9-12)10(3)16/h6-9H,4-5H2,1-3H3. The second-order valence-electron chi connectivity index (χ2n) is 3.94. The zero-order valence-corrected chi connectivity index (χ0v) is 10.9. The van der Waals surface area contributed by atoms with E-state index in [0.717, 1.165) is 0 Å². The minimum Gasteiger partial charge on any atom is -0.336 e. The molecule has 0 aromatic heterocycles. The average molecular weight is 247 g/mol. The largest absolute Gasteiger partial charge is 0.336 e. The molecular formula is C14H17NO3. The van der Waals surface area contributed by atoms with Gasteiger partial charge in [0.1, 0.15) is 0 Å². The van der Waals surface area contributed by atoms with Crippen molar-refractivity contribution in [3.8, 4) is 0 Å². The summed E-state index contributed by atoms with van der Waals surface area (Å²) in [6.45, 7) is 6.12. The molecule has 0 aliphatic carbocycles. The Morgan fingerprint density at radius 3 is 1.78 bits per heavy atom. The van der Waals surface area contributed by atoms with Crippen molar-refractivity contribution in [2.24, 2.45) is 0 Å². The van der Waals surface area contributed by atoms with Gasteiger partial charge in [-0.05, 0) is 20.8 Å². The molecule has 1 amide bonds. The highest BCUT2D eigenvalue weighted by atomic mass is 16.2. The summed E-state index contributed by atoms with van der Waals surface area (Å²) < 4.78 is 0. The van der Waals surface area contributed by atoms with E-state index in [1.165, 1.54) is 24.0 Å². The minimum atomic E-state index is -0.534. The third-order valence-corrected chi connectivity index (χ3v) is 2.80. The molecule has 1 aromatic carbocycles. The highest BCUT2D eigenvalue weighted by Gasteiger charge is 2.20. The molecule has 0 unspecified atom stereocenters. The highest BCUT2D eigenvalue weighted by Crippen LogP contribution is 2.07. The van der Waals surface area contributed by atoms with E-state index < -0.39 is 11.7 Å². The molecule has 1 aromatic rings. The Bertz CT molecular complexity index is 458. The summed E-state index contributed by atoms with van der Waals surface area (Å²) in [5, 5.41) is 0. The lowest BCUT2D eigenvalue weighted by Crippen LogP contribution is -2.36. The second kappa shape index (κ2) is 6.10. The maximum atomic E-state index is 11.9. The molecule has 4 nitrogen and oxygen atoms in total. The first-order valence-corrected chi connectivity index (χ1v) is 5.95. The van der Waals surface area contributed by atoms with Crippen molar-refractivity contribution in [3.05, 3.63) is 35.4 Å². The van der Waals surface area contributed by atoms with Gasteiger partial charge in [0.2, 0.25) is 5.78 Å². The number of carbonyl (C=O) groups is 3. The molecule has 0 aliphatic heterocycles. The Kier molecular flexibility index (Phi) is 4.77. The first kappa shape index (κ1) is 14.1. The molecule has 0 spiro atoms. The quantitative estimate of drug-likeness (QED) is 0.590. The molecule has 0 saturated carbocycles. The van der Waals surface area contributed by atoms with E-state index in [1.807, 2.05) is 13.8 Å². The monoisotopic (exact) mass is 247 g/mol. The Balaban J connectivity index is 2.90. The lowest BCUT2D eigenvalue weighted by Gasteiger charge is -2.17. The van der Waals surface area contributed by atoms with E-state index in [-0.39, 0.29) is 5.78 Å². The lowest BCUT2D eigenvalue weighted by atomic mass is 10.1. The first-order valence-electron chi connectivity index (χ1n) is 5.95. The van der Waals surface area contributed by atoms with Crippen LogP contribution < -0.4 is 0 Å². The number of rotatable bonds is 5. The lowest BCUT2D eigenvalue weighted by molar-refractivity contribution is -0.126. The van der Waals surface area contributed by atoms with Crippen LogP contribution in [0.15, 0.2) is 24.3 Å². The maximum absolute atomic E-state index is 11.9. The van der Waals surface area contributed by atoms with Crippen LogP contribution in [-0.4, -0.2) is 35.5 Å². The number of hydrogen-bond donors (Lipinski definition) is 0. The van der Waals surface area contributed by atoms with Crippen LogP contribution in [0.1, 0.15) is 41.5 Å². The maximum Gasteiger partial charge on any atom is 0.294 e. The SMILES string of the molecule is CCN(CC)C(=O)C(=O)c1ccc(C(C)=O)cc1. The molecule has 0 fully saturated rings. The van der Waals surface area contributed by atoms with Crippen LogP contribution in [0.2, 0.25) is 0 Å². The van der Waals surface area contributed by atoms with Crippen LogP contribution in [0, 0.1) is 0 Å². The van der Waals surface area contributed by atoms with Crippen molar-refractivity contribution >= 4 is 17.5 Å². The molecule has 96 valence electrons. The Morgan fingerprint density at radius 1 is 0.944 bits per heavy atom. The normalized spacial score (nSPS) is 9.94. The third-order valence-electron chi connectivity index (χ3n) is 2.80. The topological polar surface area (TPSA) is 54.5 Å². The summed E-state index contributed by atoms with van der Waals surface area (Å²) in [5.74, 6) is -1.10. The minimum absolute atomic E-state index is 0.0657. The number of carbonyl (C=O) groups excluding carboxylic acids is 3. The van der Waals surface area contributed by atoms with Gasteiger partial charge < -0.3 is 4.90 Å². The van der Waals surface area contributed by atoms with Crippen molar-refractivity contribution in [2.75, 3.05) is 13.1 Å². The summed E-state index contributed by atoms with van der Waals surface area (Å²) in [7, 11) is 0. The van der Waals surface area contributed by atoms with Gasteiger partial charge in [0.05, 0.1) is 0 Å². The molecule has 0 heterocycles. The fourth-order valence-electron chi connectivity index (χ4n) is 1.63. The molecular weight excluding hydrogens is 230 g/mol. The van der Waals surface area contributed by atoms with E-state index in [1.54, 1.807) is 12.1 Å². The Morgan fingerprint density at radius 2 is 1.39 bits per heavy atom.